The molecule has 0 spiro atoms. The molecule has 0 aliphatic carbocycles. The minimum absolute atomic E-state index is 0.249. The van der Waals surface area contributed by atoms with E-state index in [9.17, 15) is 5.11 Å². The van der Waals surface area contributed by atoms with Crippen LogP contribution in [-0.2, 0) is 5.41 Å². The van der Waals surface area contributed by atoms with Crippen LogP contribution in [0.5, 0.6) is 5.75 Å². The second-order valence-electron chi connectivity index (χ2n) is 5.31. The van der Waals surface area contributed by atoms with Gasteiger partial charge in [0.25, 0.3) is 0 Å². The normalized spacial score (nSPS) is 29.2. The molecule has 2 nitrogen and oxygen atoms in total. The first-order valence-corrected chi connectivity index (χ1v) is 6.69. The van der Waals surface area contributed by atoms with Gasteiger partial charge in [-0.25, -0.2) is 0 Å². The van der Waals surface area contributed by atoms with Crippen LogP contribution in [0.4, 0.5) is 0 Å². The molecule has 1 fully saturated rings. The molecule has 0 amide bonds. The average Bonchev–Trinajstić information content (AvgIpc) is 2.32. The first-order chi connectivity index (χ1) is 8.19. The minimum atomic E-state index is 0.249. The Bertz CT molecular complexity index is 373. The lowest BCUT2D eigenvalue weighted by Crippen LogP contribution is -2.46. The van der Waals surface area contributed by atoms with Crippen LogP contribution in [0.25, 0.3) is 0 Å². The standard InChI is InChI=1S/C15H23NO/c1-3-7-15(8-9-16-11-12(15)2)13-5-4-6-14(17)10-13/h4-6,10,12,16-17H,3,7-9,11H2,1-2H3/t12-,15-/m0/s1. The van der Waals surface area contributed by atoms with Crippen LogP contribution in [0.3, 0.4) is 0 Å². The largest absolute Gasteiger partial charge is 0.508 e. The van der Waals surface area contributed by atoms with Crippen LogP contribution >= 0.6 is 0 Å². The molecule has 2 rings (SSSR count). The number of piperidine rings is 1. The van der Waals surface area contributed by atoms with E-state index < -0.39 is 0 Å². The van der Waals surface area contributed by atoms with E-state index in [1.807, 2.05) is 12.1 Å². The summed E-state index contributed by atoms with van der Waals surface area (Å²) in [6.07, 6.45) is 3.57. The van der Waals surface area contributed by atoms with E-state index in [-0.39, 0.29) is 5.41 Å². The predicted molar refractivity (Wildman–Crippen MR) is 71.3 cm³/mol. The van der Waals surface area contributed by atoms with E-state index in [4.69, 9.17) is 0 Å². The van der Waals surface area contributed by atoms with Crippen LogP contribution in [0, 0.1) is 5.92 Å². The van der Waals surface area contributed by atoms with Gasteiger partial charge in [0.15, 0.2) is 0 Å². The third kappa shape index (κ3) is 2.32. The van der Waals surface area contributed by atoms with Gasteiger partial charge in [-0.3, -0.25) is 0 Å². The summed E-state index contributed by atoms with van der Waals surface area (Å²) in [4.78, 5) is 0. The fraction of sp³-hybridized carbons (Fsp3) is 0.600. The molecule has 1 aliphatic heterocycles. The lowest BCUT2D eigenvalue weighted by molar-refractivity contribution is 0.199. The van der Waals surface area contributed by atoms with Crippen molar-refractivity contribution in [3.05, 3.63) is 29.8 Å². The highest BCUT2D eigenvalue weighted by atomic mass is 16.3. The number of phenolic OH excluding ortho intramolecular Hbond substituents is 1. The van der Waals surface area contributed by atoms with Gasteiger partial charge in [0.05, 0.1) is 0 Å². The van der Waals surface area contributed by atoms with E-state index in [0.717, 1.165) is 13.1 Å². The number of hydrogen-bond acceptors (Lipinski definition) is 2. The van der Waals surface area contributed by atoms with Crippen molar-refractivity contribution in [1.82, 2.24) is 5.32 Å². The van der Waals surface area contributed by atoms with Gasteiger partial charge in [0.1, 0.15) is 5.75 Å². The quantitative estimate of drug-likeness (QED) is 0.841. The lowest BCUT2D eigenvalue weighted by Gasteiger charge is -2.44. The molecule has 17 heavy (non-hydrogen) atoms. The van der Waals surface area contributed by atoms with Crippen molar-refractivity contribution in [2.24, 2.45) is 5.92 Å². The molecule has 1 aliphatic rings. The number of benzene rings is 1. The zero-order valence-electron chi connectivity index (χ0n) is 10.9. The van der Waals surface area contributed by atoms with Crippen molar-refractivity contribution in [1.29, 1.82) is 0 Å². The van der Waals surface area contributed by atoms with Crippen molar-refractivity contribution in [2.45, 2.75) is 38.5 Å². The predicted octanol–water partition coefficient (Wildman–Crippen LogP) is 3.06. The number of hydrogen-bond donors (Lipinski definition) is 2. The molecule has 2 atom stereocenters. The molecule has 1 aromatic rings. The Morgan fingerprint density at radius 3 is 2.94 bits per heavy atom. The molecule has 1 heterocycles. The summed E-state index contributed by atoms with van der Waals surface area (Å²) in [5.74, 6) is 1.02. The van der Waals surface area contributed by atoms with Gasteiger partial charge in [-0.05, 0) is 49.5 Å². The molecular weight excluding hydrogens is 210 g/mol. The molecule has 0 radical (unpaired) electrons. The first-order valence-electron chi connectivity index (χ1n) is 6.69. The maximum atomic E-state index is 9.70. The monoisotopic (exact) mass is 233 g/mol. The van der Waals surface area contributed by atoms with Crippen LogP contribution in [0.1, 0.15) is 38.7 Å². The molecule has 0 saturated carbocycles. The molecular formula is C15H23NO. The Morgan fingerprint density at radius 2 is 2.29 bits per heavy atom. The van der Waals surface area contributed by atoms with Gasteiger partial charge in [0, 0.05) is 5.41 Å². The third-order valence-electron chi connectivity index (χ3n) is 4.26. The number of aromatic hydroxyl groups is 1. The molecule has 2 heteroatoms. The van der Waals surface area contributed by atoms with E-state index in [2.05, 4.69) is 25.2 Å². The van der Waals surface area contributed by atoms with Crippen molar-refractivity contribution in [2.75, 3.05) is 13.1 Å². The second kappa shape index (κ2) is 5.09. The van der Waals surface area contributed by atoms with Crippen molar-refractivity contribution < 1.29 is 5.11 Å². The first kappa shape index (κ1) is 12.4. The Balaban J connectivity index is 2.39. The number of phenols is 1. The summed E-state index contributed by atoms with van der Waals surface area (Å²) in [5, 5.41) is 13.2. The Kier molecular flexibility index (Phi) is 3.72. The second-order valence-corrected chi connectivity index (χ2v) is 5.31. The maximum absolute atomic E-state index is 9.70. The summed E-state index contributed by atoms with van der Waals surface area (Å²) in [6, 6.07) is 7.86. The molecule has 1 aromatic carbocycles. The van der Waals surface area contributed by atoms with Gasteiger partial charge in [0.2, 0.25) is 0 Å². The van der Waals surface area contributed by atoms with Crippen LogP contribution < -0.4 is 5.32 Å². The summed E-state index contributed by atoms with van der Waals surface area (Å²) in [5.41, 5.74) is 1.56. The Hall–Kier alpha value is -1.02. The Labute approximate surface area is 104 Å². The summed E-state index contributed by atoms with van der Waals surface area (Å²) in [6.45, 7) is 6.74. The van der Waals surface area contributed by atoms with Gasteiger partial charge in [-0.15, -0.1) is 0 Å². The van der Waals surface area contributed by atoms with Crippen molar-refractivity contribution in [3.63, 3.8) is 0 Å². The highest BCUT2D eigenvalue weighted by Crippen LogP contribution is 2.42. The molecule has 0 unspecified atom stereocenters. The Morgan fingerprint density at radius 1 is 1.47 bits per heavy atom. The summed E-state index contributed by atoms with van der Waals surface area (Å²) >= 11 is 0. The average molecular weight is 233 g/mol. The van der Waals surface area contributed by atoms with E-state index in [1.165, 1.54) is 24.8 Å². The molecule has 94 valence electrons. The fourth-order valence-electron chi connectivity index (χ4n) is 3.28. The number of nitrogens with one attached hydrogen (secondary N) is 1. The van der Waals surface area contributed by atoms with Crippen LogP contribution in [0.2, 0.25) is 0 Å². The molecule has 0 aromatic heterocycles. The highest BCUT2D eigenvalue weighted by Gasteiger charge is 2.38. The molecule has 2 N–H and O–H groups in total. The lowest BCUT2D eigenvalue weighted by atomic mass is 9.64. The molecule has 0 bridgehead atoms. The van der Waals surface area contributed by atoms with Crippen molar-refractivity contribution >= 4 is 0 Å². The maximum Gasteiger partial charge on any atom is 0.115 e. The topological polar surface area (TPSA) is 32.3 Å². The fourth-order valence-corrected chi connectivity index (χ4v) is 3.28. The zero-order valence-corrected chi connectivity index (χ0v) is 10.9. The van der Waals surface area contributed by atoms with Gasteiger partial charge in [-0.1, -0.05) is 32.4 Å². The molecule has 1 saturated heterocycles. The summed E-state index contributed by atoms with van der Waals surface area (Å²) in [7, 11) is 0. The highest BCUT2D eigenvalue weighted by molar-refractivity contribution is 5.34. The van der Waals surface area contributed by atoms with Crippen molar-refractivity contribution in [3.8, 4) is 5.75 Å². The van der Waals surface area contributed by atoms with Crippen LogP contribution in [-0.4, -0.2) is 18.2 Å². The van der Waals surface area contributed by atoms with E-state index >= 15 is 0 Å². The third-order valence-corrected chi connectivity index (χ3v) is 4.26. The minimum Gasteiger partial charge on any atom is -0.508 e. The van der Waals surface area contributed by atoms with Gasteiger partial charge >= 0.3 is 0 Å². The smallest absolute Gasteiger partial charge is 0.115 e. The van der Waals surface area contributed by atoms with Gasteiger partial charge in [-0.2, -0.15) is 0 Å². The number of rotatable bonds is 3. The SMILES string of the molecule is CCC[C@]1(c2cccc(O)c2)CCNC[C@@H]1C. The summed E-state index contributed by atoms with van der Waals surface area (Å²) < 4.78 is 0. The van der Waals surface area contributed by atoms with E-state index in [0.29, 0.717) is 11.7 Å². The van der Waals surface area contributed by atoms with E-state index in [1.54, 1.807) is 6.07 Å². The zero-order chi connectivity index (χ0) is 12.3. The van der Waals surface area contributed by atoms with Gasteiger partial charge < -0.3 is 10.4 Å². The van der Waals surface area contributed by atoms with Crippen LogP contribution in [0.15, 0.2) is 24.3 Å².